The highest BCUT2D eigenvalue weighted by molar-refractivity contribution is 8.01. The number of thioether (sulfide) groups is 1. The van der Waals surface area contributed by atoms with Gasteiger partial charge in [-0.25, -0.2) is 13.2 Å². The van der Waals surface area contributed by atoms with Gasteiger partial charge in [0, 0.05) is 23.7 Å². The molecule has 2 aromatic carbocycles. The van der Waals surface area contributed by atoms with Gasteiger partial charge in [0.1, 0.15) is 0 Å². The average molecular weight is 490 g/mol. The van der Waals surface area contributed by atoms with Crippen molar-refractivity contribution in [2.24, 2.45) is 0 Å². The second-order valence-corrected chi connectivity index (χ2v) is 10.4. The molecule has 0 spiro atoms. The number of carbonyl (C=O) groups excluding carboxylic acids is 3. The van der Waals surface area contributed by atoms with Gasteiger partial charge in [0.15, 0.2) is 5.25 Å². The number of nitrogens with one attached hydrogen (secondary N) is 2. The summed E-state index contributed by atoms with van der Waals surface area (Å²) in [4.78, 5) is 39.2. The van der Waals surface area contributed by atoms with Crippen LogP contribution in [0.4, 0.5) is 11.4 Å². The molecule has 0 saturated carbocycles. The number of benzene rings is 2. The number of ether oxygens (including phenoxy) is 1. The quantitative estimate of drug-likeness (QED) is 0.473. The van der Waals surface area contributed by atoms with Gasteiger partial charge < -0.3 is 15.0 Å². The minimum Gasteiger partial charge on any atom is -0.462 e. The summed E-state index contributed by atoms with van der Waals surface area (Å²) in [5, 5.41) is 1.79. The number of rotatable bonds is 6. The van der Waals surface area contributed by atoms with E-state index in [-0.39, 0.29) is 23.1 Å². The van der Waals surface area contributed by atoms with Crippen LogP contribution >= 0.6 is 11.8 Å². The molecule has 1 atom stereocenters. The number of likely N-dealkylation sites (tertiary alicyclic amines) is 1. The number of sulfonamides is 1. The van der Waals surface area contributed by atoms with Crippen molar-refractivity contribution in [3.05, 3.63) is 48.0 Å². The van der Waals surface area contributed by atoms with Crippen LogP contribution in [0.5, 0.6) is 0 Å². The zero-order valence-corrected chi connectivity index (χ0v) is 19.5. The lowest BCUT2D eigenvalue weighted by atomic mass is 10.2. The molecule has 2 heterocycles. The Balaban J connectivity index is 1.49. The minimum absolute atomic E-state index is 0.0408. The van der Waals surface area contributed by atoms with Gasteiger partial charge in [-0.2, -0.15) is 0 Å². The molecule has 0 bridgehead atoms. The lowest BCUT2D eigenvalue weighted by Gasteiger charge is -2.27. The number of carbonyl (C=O) groups is 3. The van der Waals surface area contributed by atoms with E-state index in [1.807, 2.05) is 0 Å². The van der Waals surface area contributed by atoms with E-state index in [1.165, 1.54) is 36.4 Å². The number of hydrogen-bond donors (Lipinski definition) is 2. The van der Waals surface area contributed by atoms with Crippen LogP contribution < -0.4 is 10.0 Å². The van der Waals surface area contributed by atoms with Crippen LogP contribution in [-0.4, -0.2) is 56.0 Å². The molecular formula is C22H23N3O6S2. The molecule has 2 aliphatic rings. The van der Waals surface area contributed by atoms with Crippen LogP contribution in [0, 0.1) is 0 Å². The molecule has 2 amide bonds. The smallest absolute Gasteiger partial charge is 0.338 e. The zero-order chi connectivity index (χ0) is 23.6. The molecule has 0 radical (unpaired) electrons. The van der Waals surface area contributed by atoms with Gasteiger partial charge in [0.2, 0.25) is 11.8 Å². The van der Waals surface area contributed by atoms with Gasteiger partial charge in [-0.15, -0.1) is 11.8 Å². The van der Waals surface area contributed by atoms with Gasteiger partial charge in [-0.1, -0.05) is 0 Å². The number of fused-ring (bicyclic) bond motifs is 1. The third kappa shape index (κ3) is 4.98. The predicted octanol–water partition coefficient (Wildman–Crippen LogP) is 2.70. The first-order valence-corrected chi connectivity index (χ1v) is 12.8. The van der Waals surface area contributed by atoms with Crippen molar-refractivity contribution in [3.63, 3.8) is 0 Å². The fraction of sp³-hybridized carbons (Fsp3) is 0.318. The molecule has 2 aromatic rings. The first kappa shape index (κ1) is 23.1. The van der Waals surface area contributed by atoms with E-state index < -0.39 is 27.1 Å². The molecule has 9 nitrogen and oxygen atoms in total. The van der Waals surface area contributed by atoms with Crippen LogP contribution in [0.25, 0.3) is 0 Å². The summed E-state index contributed by atoms with van der Waals surface area (Å²) in [5.74, 6) is -1.16. The molecule has 0 unspecified atom stereocenters. The Morgan fingerprint density at radius 3 is 2.52 bits per heavy atom. The average Bonchev–Trinajstić information content (AvgIpc) is 3.33. The first-order chi connectivity index (χ1) is 15.8. The number of nitrogens with zero attached hydrogens (tertiary/aromatic N) is 1. The van der Waals surface area contributed by atoms with Gasteiger partial charge >= 0.3 is 5.97 Å². The van der Waals surface area contributed by atoms with E-state index in [1.54, 1.807) is 17.9 Å². The van der Waals surface area contributed by atoms with Crippen molar-refractivity contribution in [2.75, 3.05) is 29.7 Å². The van der Waals surface area contributed by atoms with E-state index in [4.69, 9.17) is 4.74 Å². The molecule has 174 valence electrons. The van der Waals surface area contributed by atoms with Crippen molar-refractivity contribution >= 4 is 50.9 Å². The van der Waals surface area contributed by atoms with Crippen molar-refractivity contribution in [2.45, 2.75) is 34.8 Å². The van der Waals surface area contributed by atoms with E-state index in [9.17, 15) is 22.8 Å². The molecular weight excluding hydrogens is 466 g/mol. The highest BCUT2D eigenvalue weighted by Crippen LogP contribution is 2.38. The first-order valence-electron chi connectivity index (χ1n) is 10.5. The maximum Gasteiger partial charge on any atom is 0.338 e. The molecule has 33 heavy (non-hydrogen) atoms. The van der Waals surface area contributed by atoms with Crippen molar-refractivity contribution in [3.8, 4) is 0 Å². The van der Waals surface area contributed by atoms with Crippen LogP contribution in [-0.2, 0) is 24.3 Å². The Labute approximate surface area is 195 Å². The van der Waals surface area contributed by atoms with E-state index >= 15 is 0 Å². The summed E-state index contributed by atoms with van der Waals surface area (Å²) in [5.41, 5.74) is 0.929. The number of esters is 1. The monoisotopic (exact) mass is 489 g/mol. The van der Waals surface area contributed by atoms with Crippen LogP contribution in [0.2, 0.25) is 0 Å². The summed E-state index contributed by atoms with van der Waals surface area (Å²) < 4.78 is 33.1. The Morgan fingerprint density at radius 1 is 1.15 bits per heavy atom. The SMILES string of the molecule is CCOC(=O)c1ccc(NS(=O)(=O)c2ccc3c(c2)NC(=O)[C@@H](C(=O)N2CCCC2)S3)cc1. The Hall–Kier alpha value is -3.05. The molecule has 0 aliphatic carbocycles. The van der Waals surface area contributed by atoms with Gasteiger partial charge in [0.25, 0.3) is 10.0 Å². The standard InChI is InChI=1S/C22H23N3O6S2/c1-2-31-22(28)14-5-7-15(8-6-14)24-33(29,30)16-9-10-18-17(13-16)23-20(26)19(32-18)21(27)25-11-3-4-12-25/h5-10,13,19,24H,2-4,11-12H2,1H3,(H,23,26)/t19-/m0/s1. The fourth-order valence-electron chi connectivity index (χ4n) is 3.62. The third-order valence-electron chi connectivity index (χ3n) is 5.29. The van der Waals surface area contributed by atoms with Gasteiger partial charge in [-0.3, -0.25) is 14.3 Å². The highest BCUT2D eigenvalue weighted by Gasteiger charge is 2.37. The van der Waals surface area contributed by atoms with Crippen LogP contribution in [0.15, 0.2) is 52.3 Å². The molecule has 1 fully saturated rings. The predicted molar refractivity (Wildman–Crippen MR) is 124 cm³/mol. The lowest BCUT2D eigenvalue weighted by Crippen LogP contribution is -2.43. The summed E-state index contributed by atoms with van der Waals surface area (Å²) in [7, 11) is -3.95. The summed E-state index contributed by atoms with van der Waals surface area (Å²) in [6, 6.07) is 10.3. The van der Waals surface area contributed by atoms with E-state index in [2.05, 4.69) is 10.0 Å². The molecule has 2 aliphatic heterocycles. The number of anilines is 2. The Morgan fingerprint density at radius 2 is 1.85 bits per heavy atom. The maximum atomic E-state index is 12.9. The number of hydrogen-bond acceptors (Lipinski definition) is 7. The van der Waals surface area contributed by atoms with Crippen LogP contribution in [0.3, 0.4) is 0 Å². The normalized spacial score (nSPS) is 17.8. The second-order valence-electron chi connectivity index (χ2n) is 7.58. The Bertz CT molecular complexity index is 1190. The zero-order valence-electron chi connectivity index (χ0n) is 17.9. The van der Waals surface area contributed by atoms with Gasteiger partial charge in [0.05, 0.1) is 22.8 Å². The Kier molecular flexibility index (Phi) is 6.61. The van der Waals surface area contributed by atoms with E-state index in [0.717, 1.165) is 24.6 Å². The minimum atomic E-state index is -3.95. The lowest BCUT2D eigenvalue weighted by molar-refractivity contribution is -0.133. The fourth-order valence-corrected chi connectivity index (χ4v) is 5.76. The number of amides is 2. The summed E-state index contributed by atoms with van der Waals surface area (Å²) in [6.45, 7) is 3.25. The van der Waals surface area contributed by atoms with Crippen molar-refractivity contribution in [1.29, 1.82) is 0 Å². The molecule has 11 heteroatoms. The van der Waals surface area contributed by atoms with E-state index in [0.29, 0.717) is 29.2 Å². The van der Waals surface area contributed by atoms with Crippen molar-refractivity contribution in [1.82, 2.24) is 4.90 Å². The summed E-state index contributed by atoms with van der Waals surface area (Å²) in [6.07, 6.45) is 1.86. The molecule has 2 N–H and O–H groups in total. The van der Waals surface area contributed by atoms with Crippen molar-refractivity contribution < 1.29 is 27.5 Å². The third-order valence-corrected chi connectivity index (χ3v) is 7.93. The largest absolute Gasteiger partial charge is 0.462 e. The van der Waals surface area contributed by atoms with Gasteiger partial charge in [-0.05, 0) is 62.2 Å². The topological polar surface area (TPSA) is 122 Å². The molecule has 0 aromatic heterocycles. The highest BCUT2D eigenvalue weighted by atomic mass is 32.2. The maximum absolute atomic E-state index is 12.9. The molecule has 4 rings (SSSR count). The second kappa shape index (κ2) is 9.44. The van der Waals surface area contributed by atoms with Crippen LogP contribution in [0.1, 0.15) is 30.1 Å². The summed E-state index contributed by atoms with van der Waals surface area (Å²) >= 11 is 1.13. The molecule has 1 saturated heterocycles.